The molecule has 0 saturated heterocycles. The van der Waals surface area contributed by atoms with Crippen LogP contribution in [0.1, 0.15) is 30.3 Å². The fourth-order valence-electron chi connectivity index (χ4n) is 2.83. The number of carboxylic acid groups (broad SMARTS) is 1. The van der Waals surface area contributed by atoms with Crippen molar-refractivity contribution in [1.29, 1.82) is 0 Å². The first-order chi connectivity index (χ1) is 11.6. The second-order valence-electron chi connectivity index (χ2n) is 5.77. The molecule has 1 amide bonds. The number of aliphatic carboxylic acids is 1. The highest BCUT2D eigenvalue weighted by Gasteiger charge is 2.35. The van der Waals surface area contributed by atoms with E-state index in [1.54, 1.807) is 16.7 Å². The molecule has 2 aromatic heterocycles. The van der Waals surface area contributed by atoms with Gasteiger partial charge in [-0.1, -0.05) is 13.0 Å². The highest BCUT2D eigenvalue weighted by molar-refractivity contribution is 7.20. The summed E-state index contributed by atoms with van der Waals surface area (Å²) in [5.74, 6) is -0.966. The minimum absolute atomic E-state index is 0.0537. The van der Waals surface area contributed by atoms with E-state index in [0.29, 0.717) is 12.2 Å². The fourth-order valence-corrected chi connectivity index (χ4v) is 4.44. The minimum atomic E-state index is -0.812. The van der Waals surface area contributed by atoms with E-state index in [1.165, 1.54) is 11.3 Å². The minimum Gasteiger partial charge on any atom is -0.480 e. The summed E-state index contributed by atoms with van der Waals surface area (Å²) in [7, 11) is 0. The van der Waals surface area contributed by atoms with Crippen molar-refractivity contribution in [3.63, 3.8) is 0 Å². The lowest BCUT2D eigenvalue weighted by Crippen LogP contribution is -2.54. The molecule has 0 atom stereocenters. The van der Waals surface area contributed by atoms with Gasteiger partial charge < -0.3 is 10.4 Å². The van der Waals surface area contributed by atoms with E-state index in [0.717, 1.165) is 22.7 Å². The molecule has 2 heterocycles. The molecule has 128 valence electrons. The Bertz CT molecular complexity index is 708. The van der Waals surface area contributed by atoms with Crippen molar-refractivity contribution in [2.45, 2.75) is 31.8 Å². The lowest BCUT2D eigenvalue weighted by molar-refractivity contribution is -0.139. The quantitative estimate of drug-likeness (QED) is 0.788. The van der Waals surface area contributed by atoms with E-state index >= 15 is 0 Å². The standard InChI is InChI=1S/C16H19N3O3S2/c1-2-19(8-14(20)21)11-6-10(7-11)17-15(22)12-9-24-16(18-12)13-4-3-5-23-13/h3-5,9-11H,2,6-8H2,1H3,(H,17,22)(H,20,21). The van der Waals surface area contributed by atoms with Gasteiger partial charge >= 0.3 is 5.97 Å². The van der Waals surface area contributed by atoms with E-state index in [4.69, 9.17) is 5.11 Å². The number of rotatable bonds is 7. The van der Waals surface area contributed by atoms with Gasteiger partial charge in [0.2, 0.25) is 0 Å². The molecule has 8 heteroatoms. The van der Waals surface area contributed by atoms with E-state index in [1.807, 2.05) is 29.3 Å². The largest absolute Gasteiger partial charge is 0.480 e. The van der Waals surface area contributed by atoms with Crippen LogP contribution in [0.5, 0.6) is 0 Å². The number of likely N-dealkylation sites (N-methyl/N-ethyl adjacent to an activating group) is 1. The zero-order valence-electron chi connectivity index (χ0n) is 13.3. The van der Waals surface area contributed by atoms with E-state index in [9.17, 15) is 9.59 Å². The maximum absolute atomic E-state index is 12.3. The number of thiazole rings is 1. The summed E-state index contributed by atoms with van der Waals surface area (Å²) in [5, 5.41) is 16.5. The molecule has 1 aliphatic rings. The average Bonchev–Trinajstić information content (AvgIpc) is 3.18. The number of aromatic nitrogens is 1. The third-order valence-corrected chi connectivity index (χ3v) is 6.06. The van der Waals surface area contributed by atoms with Crippen LogP contribution < -0.4 is 5.32 Å². The Morgan fingerprint density at radius 2 is 2.21 bits per heavy atom. The summed E-state index contributed by atoms with van der Waals surface area (Å²) in [6, 6.07) is 4.28. The van der Waals surface area contributed by atoms with Crippen molar-refractivity contribution in [2.24, 2.45) is 0 Å². The number of amides is 1. The smallest absolute Gasteiger partial charge is 0.317 e. The highest BCUT2D eigenvalue weighted by Crippen LogP contribution is 2.29. The van der Waals surface area contributed by atoms with Crippen molar-refractivity contribution in [3.8, 4) is 9.88 Å². The van der Waals surface area contributed by atoms with Crippen molar-refractivity contribution in [3.05, 3.63) is 28.6 Å². The first-order valence-electron chi connectivity index (χ1n) is 7.83. The van der Waals surface area contributed by atoms with Crippen molar-refractivity contribution in [1.82, 2.24) is 15.2 Å². The molecule has 2 N–H and O–H groups in total. The molecule has 1 aliphatic carbocycles. The third-order valence-electron chi connectivity index (χ3n) is 4.18. The molecular formula is C16H19N3O3S2. The maximum Gasteiger partial charge on any atom is 0.317 e. The first-order valence-corrected chi connectivity index (χ1v) is 9.59. The van der Waals surface area contributed by atoms with Crippen LogP contribution in [0.2, 0.25) is 0 Å². The molecule has 0 aromatic carbocycles. The molecule has 0 aliphatic heterocycles. The summed E-state index contributed by atoms with van der Waals surface area (Å²) in [5.41, 5.74) is 0.449. The van der Waals surface area contributed by atoms with Crippen LogP contribution in [0.15, 0.2) is 22.9 Å². The predicted octanol–water partition coefficient (Wildman–Crippen LogP) is 2.54. The van der Waals surface area contributed by atoms with Crippen molar-refractivity contribution >= 4 is 34.6 Å². The number of carbonyl (C=O) groups is 2. The normalized spacial score (nSPS) is 19.9. The summed E-state index contributed by atoms with van der Waals surface area (Å²) in [6.07, 6.45) is 1.57. The van der Waals surface area contributed by atoms with Gasteiger partial charge in [0.05, 0.1) is 11.4 Å². The van der Waals surface area contributed by atoms with E-state index < -0.39 is 5.97 Å². The Morgan fingerprint density at radius 1 is 1.42 bits per heavy atom. The van der Waals surface area contributed by atoms with Crippen LogP contribution >= 0.6 is 22.7 Å². The zero-order valence-corrected chi connectivity index (χ0v) is 14.9. The Hall–Kier alpha value is -1.77. The monoisotopic (exact) mass is 365 g/mol. The van der Waals surface area contributed by atoms with Gasteiger partial charge in [0, 0.05) is 17.5 Å². The predicted molar refractivity (Wildman–Crippen MR) is 94.6 cm³/mol. The molecule has 0 unspecified atom stereocenters. The lowest BCUT2D eigenvalue weighted by Gasteiger charge is -2.42. The van der Waals surface area contributed by atoms with Crippen molar-refractivity contribution in [2.75, 3.05) is 13.1 Å². The lowest BCUT2D eigenvalue weighted by atomic mass is 9.85. The number of hydrogen-bond donors (Lipinski definition) is 2. The molecule has 1 saturated carbocycles. The fraction of sp³-hybridized carbons (Fsp3) is 0.438. The molecule has 2 aromatic rings. The number of carboxylic acids is 1. The number of carbonyl (C=O) groups excluding carboxylic acids is 1. The molecule has 3 rings (SSSR count). The number of nitrogens with one attached hydrogen (secondary N) is 1. The molecule has 0 spiro atoms. The summed E-state index contributed by atoms with van der Waals surface area (Å²) >= 11 is 3.07. The van der Waals surface area contributed by atoms with Crippen LogP contribution in [-0.4, -0.2) is 52.0 Å². The third kappa shape index (κ3) is 3.82. The Morgan fingerprint density at radius 3 is 2.83 bits per heavy atom. The Kier molecular flexibility index (Phi) is 5.27. The van der Waals surface area contributed by atoms with Gasteiger partial charge in [-0.05, 0) is 30.8 Å². The van der Waals surface area contributed by atoms with Gasteiger partial charge in [0.15, 0.2) is 0 Å². The van der Waals surface area contributed by atoms with E-state index in [2.05, 4.69) is 10.3 Å². The van der Waals surface area contributed by atoms with Crippen LogP contribution in [-0.2, 0) is 4.79 Å². The second kappa shape index (κ2) is 7.42. The van der Waals surface area contributed by atoms with Crippen molar-refractivity contribution < 1.29 is 14.7 Å². The van der Waals surface area contributed by atoms with Crippen LogP contribution in [0, 0.1) is 0 Å². The second-order valence-corrected chi connectivity index (χ2v) is 7.57. The van der Waals surface area contributed by atoms with Crippen LogP contribution in [0.25, 0.3) is 9.88 Å². The highest BCUT2D eigenvalue weighted by atomic mass is 32.1. The molecular weight excluding hydrogens is 346 g/mol. The van der Waals surface area contributed by atoms with Gasteiger partial charge in [-0.3, -0.25) is 14.5 Å². The zero-order chi connectivity index (χ0) is 17.1. The Labute approximate surface area is 148 Å². The van der Waals surface area contributed by atoms with E-state index in [-0.39, 0.29) is 24.5 Å². The Balaban J connectivity index is 1.51. The number of nitrogens with zero attached hydrogens (tertiary/aromatic N) is 2. The number of thiophene rings is 1. The molecule has 0 bridgehead atoms. The van der Waals surface area contributed by atoms with Gasteiger partial charge in [-0.15, -0.1) is 22.7 Å². The molecule has 0 radical (unpaired) electrons. The van der Waals surface area contributed by atoms with Crippen LogP contribution in [0.4, 0.5) is 0 Å². The number of hydrogen-bond acceptors (Lipinski definition) is 6. The summed E-state index contributed by atoms with van der Waals surface area (Å²) in [6.45, 7) is 2.71. The summed E-state index contributed by atoms with van der Waals surface area (Å²) in [4.78, 5) is 30.5. The topological polar surface area (TPSA) is 82.5 Å². The molecule has 24 heavy (non-hydrogen) atoms. The molecule has 6 nitrogen and oxygen atoms in total. The van der Waals surface area contributed by atoms with Gasteiger partial charge in [-0.25, -0.2) is 4.98 Å². The average molecular weight is 365 g/mol. The maximum atomic E-state index is 12.3. The van der Waals surface area contributed by atoms with Gasteiger partial charge in [0.1, 0.15) is 10.7 Å². The van der Waals surface area contributed by atoms with Gasteiger partial charge in [0.25, 0.3) is 5.91 Å². The molecule has 1 fully saturated rings. The van der Waals surface area contributed by atoms with Gasteiger partial charge in [-0.2, -0.15) is 0 Å². The SMILES string of the molecule is CCN(CC(=O)O)C1CC(NC(=O)c2csc(-c3cccs3)n2)C1. The first kappa shape index (κ1) is 17.1. The van der Waals surface area contributed by atoms with Crippen LogP contribution in [0.3, 0.4) is 0 Å². The summed E-state index contributed by atoms with van der Waals surface area (Å²) < 4.78 is 0.